The van der Waals surface area contributed by atoms with E-state index in [0.717, 1.165) is 26.1 Å². The molecule has 4 heteroatoms. The van der Waals surface area contributed by atoms with Gasteiger partial charge in [0, 0.05) is 39.5 Å². The van der Waals surface area contributed by atoms with Crippen LogP contribution in [0.5, 0.6) is 0 Å². The molecule has 0 fully saturated rings. The molecule has 0 aliphatic rings. The summed E-state index contributed by atoms with van der Waals surface area (Å²) in [5.74, 6) is -0.824. The number of ether oxygens (including phenoxy) is 4. The number of unbranched alkanes of at least 4 members (excludes halogenated alkanes) is 6. The van der Waals surface area contributed by atoms with Gasteiger partial charge in [-0.2, -0.15) is 0 Å². The van der Waals surface area contributed by atoms with E-state index < -0.39 is 5.97 Å². The van der Waals surface area contributed by atoms with Gasteiger partial charge in [0.15, 0.2) is 0 Å². The third-order valence-electron chi connectivity index (χ3n) is 3.57. The molecule has 0 saturated carbocycles. The Morgan fingerprint density at radius 1 is 0.545 bits per heavy atom. The Morgan fingerprint density at radius 2 is 1.00 bits per heavy atom. The van der Waals surface area contributed by atoms with Crippen molar-refractivity contribution < 1.29 is 18.9 Å². The quantitative estimate of drug-likeness (QED) is 0.282. The summed E-state index contributed by atoms with van der Waals surface area (Å²) in [4.78, 5) is 0. The van der Waals surface area contributed by atoms with E-state index in [-0.39, 0.29) is 0 Å². The topological polar surface area (TPSA) is 36.9 Å². The van der Waals surface area contributed by atoms with Crippen molar-refractivity contribution in [1.82, 2.24) is 0 Å². The molecule has 0 aromatic carbocycles. The third-order valence-corrected chi connectivity index (χ3v) is 3.57. The average molecular weight is 318 g/mol. The van der Waals surface area contributed by atoms with Crippen LogP contribution in [-0.4, -0.2) is 39.0 Å². The molecule has 0 aliphatic carbocycles. The second-order valence-corrected chi connectivity index (χ2v) is 5.40. The Balaban J connectivity index is 3.70. The average Bonchev–Trinajstić information content (AvgIpc) is 2.50. The van der Waals surface area contributed by atoms with E-state index in [2.05, 4.69) is 0 Å². The summed E-state index contributed by atoms with van der Waals surface area (Å²) in [6.07, 6.45) is 9.45. The molecule has 0 rings (SSSR count). The minimum Gasteiger partial charge on any atom is -0.382 e. The van der Waals surface area contributed by atoms with Crippen molar-refractivity contribution in [3.63, 3.8) is 0 Å². The van der Waals surface area contributed by atoms with Gasteiger partial charge < -0.3 is 18.9 Å². The third kappa shape index (κ3) is 11.4. The molecule has 0 N–H and O–H groups in total. The number of rotatable bonds is 17. The van der Waals surface area contributed by atoms with Gasteiger partial charge in [-0.1, -0.05) is 32.1 Å². The standard InChI is InChI=1S/C18H38O4/c1-5-19-17-15-13-11-9-10-12-14-16-18(20-6-2,21-7-3)22-8-4/h5-17H2,1-4H3. The molecule has 0 spiro atoms. The van der Waals surface area contributed by atoms with Gasteiger partial charge in [-0.25, -0.2) is 0 Å². The maximum Gasteiger partial charge on any atom is 0.282 e. The monoisotopic (exact) mass is 318 g/mol. The van der Waals surface area contributed by atoms with Crippen LogP contribution >= 0.6 is 0 Å². The van der Waals surface area contributed by atoms with Crippen LogP contribution in [0.15, 0.2) is 0 Å². The van der Waals surface area contributed by atoms with Gasteiger partial charge in [-0.3, -0.25) is 0 Å². The second kappa shape index (κ2) is 15.7. The smallest absolute Gasteiger partial charge is 0.282 e. The predicted octanol–water partition coefficient (Wildman–Crippen LogP) is 4.91. The molecular formula is C18H38O4. The molecule has 0 atom stereocenters. The first-order valence-corrected chi connectivity index (χ1v) is 9.24. The molecule has 0 bridgehead atoms. The van der Waals surface area contributed by atoms with Crippen molar-refractivity contribution >= 4 is 0 Å². The summed E-state index contributed by atoms with van der Waals surface area (Å²) in [5, 5.41) is 0. The zero-order valence-corrected chi connectivity index (χ0v) is 15.3. The summed E-state index contributed by atoms with van der Waals surface area (Å²) in [6, 6.07) is 0. The normalized spacial score (nSPS) is 12.0. The lowest BCUT2D eigenvalue weighted by Crippen LogP contribution is -2.39. The van der Waals surface area contributed by atoms with E-state index in [1.165, 1.54) is 38.5 Å². The van der Waals surface area contributed by atoms with Crippen molar-refractivity contribution in [2.75, 3.05) is 33.0 Å². The first kappa shape index (κ1) is 21.8. The minimum absolute atomic E-state index is 0.611. The van der Waals surface area contributed by atoms with E-state index in [9.17, 15) is 0 Å². The molecule has 0 heterocycles. The summed E-state index contributed by atoms with van der Waals surface area (Å²) < 4.78 is 22.5. The highest BCUT2D eigenvalue weighted by Crippen LogP contribution is 2.24. The number of hydrogen-bond donors (Lipinski definition) is 0. The van der Waals surface area contributed by atoms with Crippen LogP contribution in [0, 0.1) is 0 Å². The summed E-state index contributed by atoms with van der Waals surface area (Å²) >= 11 is 0. The molecule has 0 amide bonds. The van der Waals surface area contributed by atoms with Crippen LogP contribution in [0.4, 0.5) is 0 Å². The van der Waals surface area contributed by atoms with E-state index in [4.69, 9.17) is 18.9 Å². The lowest BCUT2D eigenvalue weighted by Gasteiger charge is -2.32. The molecule has 4 nitrogen and oxygen atoms in total. The molecule has 0 aromatic heterocycles. The molecule has 0 aliphatic heterocycles. The maximum absolute atomic E-state index is 5.73. The maximum atomic E-state index is 5.73. The fourth-order valence-corrected chi connectivity index (χ4v) is 2.58. The highest BCUT2D eigenvalue weighted by Gasteiger charge is 2.31. The first-order chi connectivity index (χ1) is 10.7. The Bertz CT molecular complexity index is 204. The van der Waals surface area contributed by atoms with Gasteiger partial charge in [0.05, 0.1) is 0 Å². The molecule has 0 radical (unpaired) electrons. The largest absolute Gasteiger partial charge is 0.382 e. The molecule has 22 heavy (non-hydrogen) atoms. The van der Waals surface area contributed by atoms with Gasteiger partial charge in [-0.05, 0) is 40.5 Å². The van der Waals surface area contributed by atoms with Crippen LogP contribution in [0.2, 0.25) is 0 Å². The zero-order chi connectivity index (χ0) is 16.5. The Labute approximate surface area is 137 Å². The Morgan fingerprint density at radius 3 is 1.45 bits per heavy atom. The highest BCUT2D eigenvalue weighted by atomic mass is 16.9. The number of hydrogen-bond acceptors (Lipinski definition) is 4. The van der Waals surface area contributed by atoms with Crippen molar-refractivity contribution in [2.45, 2.75) is 85.0 Å². The van der Waals surface area contributed by atoms with Crippen molar-refractivity contribution in [1.29, 1.82) is 0 Å². The zero-order valence-electron chi connectivity index (χ0n) is 15.3. The summed E-state index contributed by atoms with van der Waals surface area (Å²) in [5.41, 5.74) is 0. The van der Waals surface area contributed by atoms with Crippen LogP contribution in [0.1, 0.15) is 79.1 Å². The second-order valence-electron chi connectivity index (χ2n) is 5.40. The van der Waals surface area contributed by atoms with E-state index in [0.29, 0.717) is 19.8 Å². The van der Waals surface area contributed by atoms with Crippen molar-refractivity contribution in [2.24, 2.45) is 0 Å². The highest BCUT2D eigenvalue weighted by molar-refractivity contribution is 4.59. The predicted molar refractivity (Wildman–Crippen MR) is 91.0 cm³/mol. The van der Waals surface area contributed by atoms with E-state index in [1.807, 2.05) is 27.7 Å². The van der Waals surface area contributed by atoms with Gasteiger partial charge in [0.25, 0.3) is 5.97 Å². The van der Waals surface area contributed by atoms with E-state index >= 15 is 0 Å². The first-order valence-electron chi connectivity index (χ1n) is 9.24. The fraction of sp³-hybridized carbons (Fsp3) is 1.00. The molecule has 0 unspecified atom stereocenters. The van der Waals surface area contributed by atoms with E-state index in [1.54, 1.807) is 0 Å². The van der Waals surface area contributed by atoms with Gasteiger partial charge in [0.1, 0.15) is 0 Å². The molecule has 0 saturated heterocycles. The van der Waals surface area contributed by atoms with Crippen molar-refractivity contribution in [3.8, 4) is 0 Å². The van der Waals surface area contributed by atoms with Gasteiger partial charge in [-0.15, -0.1) is 0 Å². The van der Waals surface area contributed by atoms with Crippen LogP contribution < -0.4 is 0 Å². The lowest BCUT2D eigenvalue weighted by atomic mass is 10.1. The molecular weight excluding hydrogens is 280 g/mol. The summed E-state index contributed by atoms with van der Waals surface area (Å²) in [7, 11) is 0. The minimum atomic E-state index is -0.824. The summed E-state index contributed by atoms with van der Waals surface area (Å²) in [6.45, 7) is 11.6. The fourth-order valence-electron chi connectivity index (χ4n) is 2.58. The lowest BCUT2D eigenvalue weighted by molar-refractivity contribution is -0.380. The van der Waals surface area contributed by atoms with Gasteiger partial charge >= 0.3 is 0 Å². The van der Waals surface area contributed by atoms with Crippen LogP contribution in [0.3, 0.4) is 0 Å². The Kier molecular flexibility index (Phi) is 15.6. The van der Waals surface area contributed by atoms with Gasteiger partial charge in [0.2, 0.25) is 0 Å². The molecule has 134 valence electrons. The van der Waals surface area contributed by atoms with Crippen molar-refractivity contribution in [3.05, 3.63) is 0 Å². The SMILES string of the molecule is CCOCCCCCCCCCC(OCC)(OCC)OCC. The van der Waals surface area contributed by atoms with Crippen LogP contribution in [0.25, 0.3) is 0 Å². The Hall–Kier alpha value is -0.160. The molecule has 0 aromatic rings. The van der Waals surface area contributed by atoms with Crippen LogP contribution in [-0.2, 0) is 18.9 Å².